The lowest BCUT2D eigenvalue weighted by molar-refractivity contribution is -0.0514. The highest BCUT2D eigenvalue weighted by Crippen LogP contribution is 2.36. The molecule has 0 N–H and O–H groups in total. The zero-order valence-corrected chi connectivity index (χ0v) is 17.0. The number of hydrogen-bond acceptors (Lipinski definition) is 7. The van der Waals surface area contributed by atoms with Crippen molar-refractivity contribution in [1.29, 1.82) is 0 Å². The third kappa shape index (κ3) is 5.65. The summed E-state index contributed by atoms with van der Waals surface area (Å²) in [6.07, 6.45) is 4.76. The number of rotatable bonds is 9. The summed E-state index contributed by atoms with van der Waals surface area (Å²) >= 11 is 0. The Morgan fingerprint density at radius 3 is 2.48 bits per heavy atom. The number of alkyl halides is 2. The van der Waals surface area contributed by atoms with Gasteiger partial charge in [-0.2, -0.15) is 8.78 Å². The van der Waals surface area contributed by atoms with Crippen molar-refractivity contribution in [2.75, 3.05) is 18.6 Å². The Morgan fingerprint density at radius 2 is 1.81 bits per heavy atom. The van der Waals surface area contributed by atoms with E-state index in [1.807, 2.05) is 11.0 Å². The Hall–Kier alpha value is -3.75. The second-order valence-corrected chi connectivity index (χ2v) is 6.32. The number of ether oxygens (including phenoxy) is 3. The fourth-order valence-electron chi connectivity index (χ4n) is 2.97. The van der Waals surface area contributed by atoms with Gasteiger partial charge in [-0.05, 0) is 37.3 Å². The van der Waals surface area contributed by atoms with Crippen LogP contribution in [0.25, 0.3) is 0 Å². The molecule has 2 aromatic carbocycles. The molecule has 0 spiro atoms. The van der Waals surface area contributed by atoms with Gasteiger partial charge in [0.25, 0.3) is 0 Å². The Kier molecular flexibility index (Phi) is 7.31. The zero-order chi connectivity index (χ0) is 22.2. The maximum atomic E-state index is 12.8. The molecule has 0 aliphatic carbocycles. The second-order valence-electron chi connectivity index (χ2n) is 6.32. The third-order valence-electron chi connectivity index (χ3n) is 4.29. The molecule has 0 unspecified atom stereocenters. The van der Waals surface area contributed by atoms with Crippen LogP contribution in [0.2, 0.25) is 0 Å². The molecule has 3 aromatic rings. The molecule has 0 radical (unpaired) electrons. The van der Waals surface area contributed by atoms with Gasteiger partial charge in [-0.3, -0.25) is 0 Å². The minimum Gasteiger partial charge on any atom is -0.490 e. The number of benzene rings is 2. The molecule has 31 heavy (non-hydrogen) atoms. The summed E-state index contributed by atoms with van der Waals surface area (Å²) in [6.45, 7) is -0.601. The number of methoxy groups -OCH3 is 1. The summed E-state index contributed by atoms with van der Waals surface area (Å²) in [6, 6.07) is 11.5. The SMILES string of the molecule is CCOc1cc(N(Cc2cncnc2)c2cccc(C(=O)OC)c2)ccc1OC(F)F. The van der Waals surface area contributed by atoms with Crippen LogP contribution in [0, 0.1) is 0 Å². The van der Waals surface area contributed by atoms with Gasteiger partial charge in [0, 0.05) is 35.4 Å². The number of carbonyl (C=O) groups is 1. The standard InChI is InChI=1S/C22H21F2N3O4/c1-3-30-20-10-18(7-8-19(20)31-22(23)24)27(13-15-11-25-14-26-12-15)17-6-4-5-16(9-17)21(28)29-2/h4-12,14,22H,3,13H2,1-2H3. The Bertz CT molecular complexity index is 1020. The number of anilines is 2. The smallest absolute Gasteiger partial charge is 0.387 e. The van der Waals surface area contributed by atoms with Crippen LogP contribution in [0.3, 0.4) is 0 Å². The predicted octanol–water partition coefficient (Wildman–Crippen LogP) is 4.60. The van der Waals surface area contributed by atoms with Crippen LogP contribution in [-0.2, 0) is 11.3 Å². The normalized spacial score (nSPS) is 10.6. The largest absolute Gasteiger partial charge is 0.490 e. The first kappa shape index (κ1) is 21.9. The van der Waals surface area contributed by atoms with Gasteiger partial charge in [-0.25, -0.2) is 14.8 Å². The molecule has 1 heterocycles. The molecule has 0 bridgehead atoms. The van der Waals surface area contributed by atoms with Gasteiger partial charge in [0.2, 0.25) is 0 Å². The van der Waals surface area contributed by atoms with E-state index in [0.29, 0.717) is 23.5 Å². The van der Waals surface area contributed by atoms with Crippen molar-refractivity contribution in [1.82, 2.24) is 9.97 Å². The molecule has 0 fully saturated rings. The molecule has 0 aliphatic rings. The van der Waals surface area contributed by atoms with Crippen molar-refractivity contribution in [2.24, 2.45) is 0 Å². The number of aromatic nitrogens is 2. The molecule has 1 aromatic heterocycles. The average molecular weight is 429 g/mol. The Morgan fingerprint density at radius 1 is 1.06 bits per heavy atom. The molecule has 0 amide bonds. The highest BCUT2D eigenvalue weighted by atomic mass is 19.3. The van der Waals surface area contributed by atoms with Crippen molar-refractivity contribution >= 4 is 17.3 Å². The first-order valence-electron chi connectivity index (χ1n) is 9.43. The highest BCUT2D eigenvalue weighted by molar-refractivity contribution is 5.90. The van der Waals surface area contributed by atoms with E-state index in [0.717, 1.165) is 5.56 Å². The van der Waals surface area contributed by atoms with Crippen molar-refractivity contribution in [3.8, 4) is 11.5 Å². The molecule has 0 aliphatic heterocycles. The number of halogens is 2. The minimum atomic E-state index is -2.97. The first-order chi connectivity index (χ1) is 15.0. The van der Waals surface area contributed by atoms with Crippen LogP contribution in [0.5, 0.6) is 11.5 Å². The fourth-order valence-corrected chi connectivity index (χ4v) is 2.97. The van der Waals surface area contributed by atoms with E-state index in [-0.39, 0.29) is 18.1 Å². The summed E-state index contributed by atoms with van der Waals surface area (Å²) in [5.74, 6) is -0.355. The van der Waals surface area contributed by atoms with E-state index in [4.69, 9.17) is 9.47 Å². The zero-order valence-electron chi connectivity index (χ0n) is 17.0. The van der Waals surface area contributed by atoms with Crippen molar-refractivity contribution < 1.29 is 27.8 Å². The van der Waals surface area contributed by atoms with Crippen LogP contribution < -0.4 is 14.4 Å². The van der Waals surface area contributed by atoms with E-state index in [9.17, 15) is 13.6 Å². The third-order valence-corrected chi connectivity index (χ3v) is 4.29. The van der Waals surface area contributed by atoms with Gasteiger partial charge in [-0.15, -0.1) is 0 Å². The van der Waals surface area contributed by atoms with Gasteiger partial charge in [0.15, 0.2) is 11.5 Å². The molecule has 0 saturated heterocycles. The summed E-state index contributed by atoms with van der Waals surface area (Å²) in [4.78, 5) is 22.0. The van der Waals surface area contributed by atoms with Crippen LogP contribution >= 0.6 is 0 Å². The second kappa shape index (κ2) is 10.3. The molecule has 9 heteroatoms. The Labute approximate surface area is 178 Å². The van der Waals surface area contributed by atoms with Crippen LogP contribution in [0.1, 0.15) is 22.8 Å². The molecule has 0 saturated carbocycles. The summed E-state index contributed by atoms with van der Waals surface area (Å²) in [7, 11) is 1.31. The van der Waals surface area contributed by atoms with Crippen molar-refractivity contribution in [2.45, 2.75) is 20.1 Å². The van der Waals surface area contributed by atoms with Gasteiger partial charge < -0.3 is 19.1 Å². The lowest BCUT2D eigenvalue weighted by Gasteiger charge is -2.26. The minimum absolute atomic E-state index is 0.0631. The van der Waals surface area contributed by atoms with Gasteiger partial charge in [0.1, 0.15) is 6.33 Å². The molecular weight excluding hydrogens is 408 g/mol. The van der Waals surface area contributed by atoms with E-state index < -0.39 is 12.6 Å². The van der Waals surface area contributed by atoms with Crippen LogP contribution in [0.4, 0.5) is 20.2 Å². The highest BCUT2D eigenvalue weighted by Gasteiger charge is 2.18. The van der Waals surface area contributed by atoms with E-state index >= 15 is 0 Å². The van der Waals surface area contributed by atoms with Crippen LogP contribution in [-0.4, -0.2) is 36.3 Å². The number of hydrogen-bond donors (Lipinski definition) is 0. The quantitative estimate of drug-likeness (QED) is 0.460. The van der Waals surface area contributed by atoms with E-state index in [1.165, 1.54) is 19.5 Å². The maximum absolute atomic E-state index is 12.8. The first-order valence-corrected chi connectivity index (χ1v) is 9.43. The Balaban J connectivity index is 2.06. The van der Waals surface area contributed by atoms with Crippen LogP contribution in [0.15, 0.2) is 61.2 Å². The topological polar surface area (TPSA) is 73.8 Å². The van der Waals surface area contributed by atoms with Gasteiger partial charge in [0.05, 0.1) is 25.8 Å². The summed E-state index contributed by atoms with van der Waals surface area (Å²) < 4.78 is 40.4. The fraction of sp³-hybridized carbons (Fsp3) is 0.227. The van der Waals surface area contributed by atoms with Crippen molar-refractivity contribution in [3.63, 3.8) is 0 Å². The van der Waals surface area contributed by atoms with Crippen molar-refractivity contribution in [3.05, 3.63) is 72.3 Å². The number of carbonyl (C=O) groups excluding carboxylic acids is 1. The lowest BCUT2D eigenvalue weighted by atomic mass is 10.1. The molecule has 7 nitrogen and oxygen atoms in total. The molecule has 3 rings (SSSR count). The average Bonchev–Trinajstić information content (AvgIpc) is 2.79. The lowest BCUT2D eigenvalue weighted by Crippen LogP contribution is -2.18. The summed E-state index contributed by atoms with van der Waals surface area (Å²) in [5, 5.41) is 0. The monoisotopic (exact) mass is 429 g/mol. The van der Waals surface area contributed by atoms with Gasteiger partial charge >= 0.3 is 12.6 Å². The summed E-state index contributed by atoms with van der Waals surface area (Å²) in [5.41, 5.74) is 2.49. The molecule has 162 valence electrons. The number of esters is 1. The molecular formula is C22H21F2N3O4. The van der Waals surface area contributed by atoms with E-state index in [1.54, 1.807) is 49.6 Å². The van der Waals surface area contributed by atoms with E-state index in [2.05, 4.69) is 14.7 Å². The number of nitrogens with zero attached hydrogens (tertiary/aromatic N) is 3. The molecule has 0 atom stereocenters. The maximum Gasteiger partial charge on any atom is 0.387 e. The van der Waals surface area contributed by atoms with Gasteiger partial charge in [-0.1, -0.05) is 6.07 Å². The predicted molar refractivity (Wildman–Crippen MR) is 110 cm³/mol.